The average molecular weight is 220 g/mol. The minimum atomic E-state index is 0.205. The third-order valence-electron chi connectivity index (χ3n) is 0.895. The summed E-state index contributed by atoms with van der Waals surface area (Å²) in [5.41, 5.74) is 0. The van der Waals surface area contributed by atoms with Crippen LogP contribution in [0.1, 0.15) is 6.42 Å². The Morgan fingerprint density at radius 1 is 1.62 bits per heavy atom. The van der Waals surface area contributed by atoms with Crippen LogP contribution < -0.4 is 0 Å². The van der Waals surface area contributed by atoms with Crippen molar-refractivity contribution in [3.05, 3.63) is 21.8 Å². The van der Waals surface area contributed by atoms with E-state index in [4.69, 9.17) is 0 Å². The minimum absolute atomic E-state index is 0.205. The molecular weight excluding hydrogens is 215 g/mol. The normalized spacial score (nSPS) is 18.6. The summed E-state index contributed by atoms with van der Waals surface area (Å²) in [5, 5.41) is 0. The van der Waals surface area contributed by atoms with E-state index in [-0.39, 0.29) is 5.78 Å². The Bertz CT molecular complexity index is 167. The SMILES string of the molecule is O=C1C=C(I)C=CC1. The van der Waals surface area contributed by atoms with E-state index in [0.29, 0.717) is 6.42 Å². The molecule has 0 aromatic carbocycles. The molecule has 0 aromatic rings. The van der Waals surface area contributed by atoms with Crippen LogP contribution in [-0.2, 0) is 4.79 Å². The van der Waals surface area contributed by atoms with Gasteiger partial charge in [0, 0.05) is 10.0 Å². The van der Waals surface area contributed by atoms with Gasteiger partial charge in [-0.15, -0.1) is 0 Å². The Labute approximate surface area is 61.6 Å². The fourth-order valence-corrected chi connectivity index (χ4v) is 1.15. The van der Waals surface area contributed by atoms with E-state index in [9.17, 15) is 4.79 Å². The molecule has 0 N–H and O–H groups in total. The van der Waals surface area contributed by atoms with Crippen molar-refractivity contribution in [3.63, 3.8) is 0 Å². The third kappa shape index (κ3) is 1.43. The quantitative estimate of drug-likeness (QED) is 0.569. The molecule has 0 bridgehead atoms. The van der Waals surface area contributed by atoms with Gasteiger partial charge in [-0.25, -0.2) is 0 Å². The summed E-state index contributed by atoms with van der Waals surface area (Å²) in [6.07, 6.45) is 6.05. The maximum absolute atomic E-state index is 10.5. The number of ketones is 1. The van der Waals surface area contributed by atoms with Crippen LogP contribution in [0.3, 0.4) is 0 Å². The van der Waals surface area contributed by atoms with E-state index in [1.54, 1.807) is 6.08 Å². The summed E-state index contributed by atoms with van der Waals surface area (Å²) < 4.78 is 1.03. The number of halogens is 1. The first kappa shape index (κ1) is 6.01. The van der Waals surface area contributed by atoms with Gasteiger partial charge in [-0.3, -0.25) is 4.79 Å². The predicted molar refractivity (Wildman–Crippen MR) is 40.9 cm³/mol. The van der Waals surface area contributed by atoms with Gasteiger partial charge < -0.3 is 0 Å². The molecule has 0 saturated heterocycles. The van der Waals surface area contributed by atoms with Gasteiger partial charge in [-0.05, 0) is 28.7 Å². The van der Waals surface area contributed by atoms with Crippen LogP contribution in [0.2, 0.25) is 0 Å². The summed E-state index contributed by atoms with van der Waals surface area (Å²) in [6.45, 7) is 0. The topological polar surface area (TPSA) is 17.1 Å². The number of allylic oxidation sites excluding steroid dienone is 4. The van der Waals surface area contributed by atoms with E-state index in [2.05, 4.69) is 22.6 Å². The van der Waals surface area contributed by atoms with Crippen LogP contribution in [0.15, 0.2) is 21.8 Å². The van der Waals surface area contributed by atoms with Crippen LogP contribution in [0.4, 0.5) is 0 Å². The van der Waals surface area contributed by atoms with Gasteiger partial charge >= 0.3 is 0 Å². The predicted octanol–water partition coefficient (Wildman–Crippen LogP) is 1.83. The fourth-order valence-electron chi connectivity index (χ4n) is 0.548. The molecule has 1 aliphatic carbocycles. The van der Waals surface area contributed by atoms with Crippen molar-refractivity contribution < 1.29 is 4.79 Å². The highest BCUT2D eigenvalue weighted by Crippen LogP contribution is 2.12. The molecule has 0 spiro atoms. The molecule has 1 rings (SSSR count). The molecule has 42 valence electrons. The van der Waals surface area contributed by atoms with Crippen molar-refractivity contribution in [1.29, 1.82) is 0 Å². The second kappa shape index (κ2) is 2.44. The Balaban J connectivity index is 2.77. The molecule has 1 nitrogen and oxygen atoms in total. The summed E-state index contributed by atoms with van der Waals surface area (Å²) in [7, 11) is 0. The first-order chi connectivity index (χ1) is 3.79. The molecule has 0 atom stereocenters. The van der Waals surface area contributed by atoms with Gasteiger partial charge in [0.15, 0.2) is 5.78 Å². The van der Waals surface area contributed by atoms with E-state index < -0.39 is 0 Å². The van der Waals surface area contributed by atoms with Crippen molar-refractivity contribution >= 4 is 28.4 Å². The highest BCUT2D eigenvalue weighted by molar-refractivity contribution is 14.1. The maximum atomic E-state index is 10.5. The largest absolute Gasteiger partial charge is 0.294 e. The molecule has 0 radical (unpaired) electrons. The van der Waals surface area contributed by atoms with Gasteiger partial charge in [0.05, 0.1) is 0 Å². The smallest absolute Gasteiger partial charge is 0.160 e. The lowest BCUT2D eigenvalue weighted by molar-refractivity contribution is -0.113. The molecule has 0 aliphatic heterocycles. The lowest BCUT2D eigenvalue weighted by Gasteiger charge is -1.94. The fraction of sp³-hybridized carbons (Fsp3) is 0.167. The van der Waals surface area contributed by atoms with E-state index in [1.807, 2.05) is 12.2 Å². The Kier molecular flexibility index (Phi) is 1.83. The molecule has 0 amide bonds. The summed E-state index contributed by atoms with van der Waals surface area (Å²) in [4.78, 5) is 10.5. The van der Waals surface area contributed by atoms with Crippen LogP contribution >= 0.6 is 22.6 Å². The van der Waals surface area contributed by atoms with Crippen molar-refractivity contribution in [2.45, 2.75) is 6.42 Å². The monoisotopic (exact) mass is 220 g/mol. The Hall–Kier alpha value is -0.120. The third-order valence-corrected chi connectivity index (χ3v) is 1.57. The van der Waals surface area contributed by atoms with Gasteiger partial charge in [0.25, 0.3) is 0 Å². The van der Waals surface area contributed by atoms with E-state index >= 15 is 0 Å². The highest BCUT2D eigenvalue weighted by atomic mass is 127. The minimum Gasteiger partial charge on any atom is -0.294 e. The number of carbonyl (C=O) groups is 1. The molecule has 0 fully saturated rings. The van der Waals surface area contributed by atoms with Crippen LogP contribution in [-0.4, -0.2) is 5.78 Å². The first-order valence-corrected chi connectivity index (χ1v) is 3.43. The van der Waals surface area contributed by atoms with E-state index in [1.165, 1.54) is 0 Å². The second-order valence-electron chi connectivity index (χ2n) is 1.60. The molecule has 0 unspecified atom stereocenters. The zero-order chi connectivity index (χ0) is 5.98. The zero-order valence-electron chi connectivity index (χ0n) is 4.23. The van der Waals surface area contributed by atoms with E-state index in [0.717, 1.165) is 3.58 Å². The number of hydrogen-bond acceptors (Lipinski definition) is 1. The van der Waals surface area contributed by atoms with Gasteiger partial charge in [-0.1, -0.05) is 12.2 Å². The van der Waals surface area contributed by atoms with Crippen molar-refractivity contribution in [2.24, 2.45) is 0 Å². The van der Waals surface area contributed by atoms with Crippen LogP contribution in [0.25, 0.3) is 0 Å². The Morgan fingerprint density at radius 2 is 2.38 bits per heavy atom. The average Bonchev–Trinajstić information content (AvgIpc) is 1.64. The number of rotatable bonds is 0. The van der Waals surface area contributed by atoms with Crippen molar-refractivity contribution in [3.8, 4) is 0 Å². The standard InChI is InChI=1S/C6H5IO/c7-5-2-1-3-6(8)4-5/h1-2,4H,3H2. The van der Waals surface area contributed by atoms with Gasteiger partial charge in [0.2, 0.25) is 0 Å². The van der Waals surface area contributed by atoms with Crippen molar-refractivity contribution in [2.75, 3.05) is 0 Å². The summed E-state index contributed by atoms with van der Waals surface area (Å²) >= 11 is 2.13. The first-order valence-electron chi connectivity index (χ1n) is 2.35. The molecule has 0 heterocycles. The molecule has 0 saturated carbocycles. The molecular formula is C6H5IO. The highest BCUT2D eigenvalue weighted by Gasteiger charge is 1.99. The lowest BCUT2D eigenvalue weighted by atomic mass is 10.2. The van der Waals surface area contributed by atoms with Gasteiger partial charge in [0.1, 0.15) is 0 Å². The summed E-state index contributed by atoms with van der Waals surface area (Å²) in [5.74, 6) is 0.205. The van der Waals surface area contributed by atoms with Crippen LogP contribution in [0.5, 0.6) is 0 Å². The Morgan fingerprint density at radius 3 is 2.75 bits per heavy atom. The van der Waals surface area contributed by atoms with Gasteiger partial charge in [-0.2, -0.15) is 0 Å². The zero-order valence-corrected chi connectivity index (χ0v) is 6.38. The molecule has 1 aliphatic rings. The maximum Gasteiger partial charge on any atom is 0.160 e. The number of hydrogen-bond donors (Lipinski definition) is 0. The van der Waals surface area contributed by atoms with Crippen LogP contribution in [0, 0.1) is 0 Å². The second-order valence-corrected chi connectivity index (χ2v) is 2.85. The number of carbonyl (C=O) groups excluding carboxylic acids is 1. The lowest BCUT2D eigenvalue weighted by Crippen LogP contribution is -1.93. The van der Waals surface area contributed by atoms with Crippen molar-refractivity contribution in [1.82, 2.24) is 0 Å². The summed E-state index contributed by atoms with van der Waals surface area (Å²) in [6, 6.07) is 0. The molecule has 0 aromatic heterocycles. The molecule has 2 heteroatoms. The molecule has 8 heavy (non-hydrogen) atoms.